The molecule has 0 aliphatic heterocycles. The van der Waals surface area contributed by atoms with E-state index in [2.05, 4.69) is 16.6 Å². The maximum Gasteiger partial charge on any atom is 0.233 e. The van der Waals surface area contributed by atoms with Crippen LogP contribution >= 0.6 is 0 Å². The Morgan fingerprint density at radius 3 is 2.72 bits per heavy atom. The summed E-state index contributed by atoms with van der Waals surface area (Å²) < 4.78 is 26.3. The van der Waals surface area contributed by atoms with Gasteiger partial charge in [-0.15, -0.1) is 0 Å². The van der Waals surface area contributed by atoms with E-state index < -0.39 is 10.0 Å². The molecule has 96 valence electrons. The first-order chi connectivity index (χ1) is 8.61. The molecule has 1 aliphatic carbocycles. The minimum atomic E-state index is -3.30. The monoisotopic (exact) mass is 265 g/mol. The lowest BCUT2D eigenvalue weighted by atomic mass is 10.2. The molecule has 0 amide bonds. The van der Waals surface area contributed by atoms with Crippen LogP contribution in [0.15, 0.2) is 24.3 Å². The lowest BCUT2D eigenvalue weighted by Crippen LogP contribution is -2.18. The number of nitrogens with one attached hydrogen (secondary N) is 1. The quantitative estimate of drug-likeness (QED) is 0.803. The highest BCUT2D eigenvalue weighted by molar-refractivity contribution is 7.92. The number of anilines is 1. The summed E-state index contributed by atoms with van der Waals surface area (Å²) in [5, 5.41) is 8.67. The van der Waals surface area contributed by atoms with Crippen molar-refractivity contribution in [1.29, 1.82) is 0 Å². The van der Waals surface area contributed by atoms with Crippen molar-refractivity contribution < 1.29 is 13.5 Å². The summed E-state index contributed by atoms with van der Waals surface area (Å²) in [5.41, 5.74) is 1.05. The standard InChI is InChI=1S/C13H15NO3S/c15-9-3-5-12-4-1-2-6-13(12)14-18(16,17)10-11-7-8-11/h1-2,4,6,11,14-15H,7-10H2. The Balaban J connectivity index is 2.17. The predicted molar refractivity (Wildman–Crippen MR) is 70.5 cm³/mol. The molecule has 0 atom stereocenters. The third-order valence-corrected chi connectivity index (χ3v) is 4.09. The molecule has 0 aromatic heterocycles. The SMILES string of the molecule is O=S(=O)(CC1CC1)Nc1ccccc1C#CCO. The van der Waals surface area contributed by atoms with Gasteiger partial charge in [0.05, 0.1) is 11.4 Å². The maximum atomic E-state index is 11.9. The Kier molecular flexibility index (Phi) is 3.90. The fourth-order valence-corrected chi connectivity index (χ4v) is 3.17. The molecule has 1 aromatic carbocycles. The molecule has 1 aliphatic rings. The van der Waals surface area contributed by atoms with Gasteiger partial charge in [0.25, 0.3) is 0 Å². The van der Waals surface area contributed by atoms with Crippen LogP contribution in [0.4, 0.5) is 5.69 Å². The molecule has 1 saturated carbocycles. The maximum absolute atomic E-state index is 11.9. The third kappa shape index (κ3) is 3.76. The van der Waals surface area contributed by atoms with Gasteiger partial charge in [0.2, 0.25) is 10.0 Å². The zero-order valence-corrected chi connectivity index (χ0v) is 10.7. The molecule has 1 fully saturated rings. The predicted octanol–water partition coefficient (Wildman–Crippen LogP) is 1.18. The van der Waals surface area contributed by atoms with Crippen molar-refractivity contribution in [2.24, 2.45) is 5.92 Å². The smallest absolute Gasteiger partial charge is 0.233 e. The zero-order valence-electron chi connectivity index (χ0n) is 9.89. The summed E-state index contributed by atoms with van der Waals surface area (Å²) in [6.07, 6.45) is 1.99. The van der Waals surface area contributed by atoms with Crippen LogP contribution in [0.1, 0.15) is 18.4 Å². The van der Waals surface area contributed by atoms with E-state index in [0.29, 0.717) is 17.2 Å². The molecule has 4 nitrogen and oxygen atoms in total. The third-order valence-electron chi connectivity index (χ3n) is 2.65. The minimum Gasteiger partial charge on any atom is -0.384 e. The summed E-state index contributed by atoms with van der Waals surface area (Å²) in [4.78, 5) is 0. The van der Waals surface area contributed by atoms with E-state index in [1.54, 1.807) is 24.3 Å². The molecule has 0 bridgehead atoms. The summed E-state index contributed by atoms with van der Waals surface area (Å²) in [5.74, 6) is 5.72. The van der Waals surface area contributed by atoms with Crippen molar-refractivity contribution in [2.75, 3.05) is 17.1 Å². The highest BCUT2D eigenvalue weighted by Crippen LogP contribution is 2.30. The summed E-state index contributed by atoms with van der Waals surface area (Å²) >= 11 is 0. The first-order valence-corrected chi connectivity index (χ1v) is 7.45. The van der Waals surface area contributed by atoms with Crippen LogP contribution in [0, 0.1) is 17.8 Å². The lowest BCUT2D eigenvalue weighted by molar-refractivity contribution is 0.350. The van der Waals surface area contributed by atoms with Crippen LogP contribution in [-0.2, 0) is 10.0 Å². The van der Waals surface area contributed by atoms with E-state index >= 15 is 0 Å². The molecule has 1 aromatic rings. The highest BCUT2D eigenvalue weighted by Gasteiger charge is 2.28. The van der Waals surface area contributed by atoms with Crippen LogP contribution in [-0.4, -0.2) is 25.9 Å². The number of aliphatic hydroxyl groups is 1. The largest absolute Gasteiger partial charge is 0.384 e. The van der Waals surface area contributed by atoms with E-state index in [-0.39, 0.29) is 12.4 Å². The van der Waals surface area contributed by atoms with Crippen LogP contribution in [0.2, 0.25) is 0 Å². The second-order valence-electron chi connectivity index (χ2n) is 4.33. The first-order valence-electron chi connectivity index (χ1n) is 5.80. The number of hydrogen-bond donors (Lipinski definition) is 2. The topological polar surface area (TPSA) is 66.4 Å². The summed E-state index contributed by atoms with van der Waals surface area (Å²) in [7, 11) is -3.30. The molecule has 0 radical (unpaired) electrons. The highest BCUT2D eigenvalue weighted by atomic mass is 32.2. The Labute approximate surface area is 107 Å². The van der Waals surface area contributed by atoms with Gasteiger partial charge in [-0.2, -0.15) is 0 Å². The number of benzene rings is 1. The molecule has 0 saturated heterocycles. The van der Waals surface area contributed by atoms with Gasteiger partial charge in [-0.3, -0.25) is 4.72 Å². The second-order valence-corrected chi connectivity index (χ2v) is 6.10. The van der Waals surface area contributed by atoms with Gasteiger partial charge >= 0.3 is 0 Å². The normalized spacial score (nSPS) is 14.7. The molecule has 5 heteroatoms. The van der Waals surface area contributed by atoms with Crippen molar-refractivity contribution in [3.63, 3.8) is 0 Å². The number of hydrogen-bond acceptors (Lipinski definition) is 3. The molecule has 0 spiro atoms. The van der Waals surface area contributed by atoms with Gasteiger partial charge in [0.1, 0.15) is 6.61 Å². The average Bonchev–Trinajstić information content (AvgIpc) is 3.10. The van der Waals surface area contributed by atoms with E-state index in [9.17, 15) is 8.42 Å². The number of rotatable bonds is 4. The number of para-hydroxylation sites is 1. The molecule has 18 heavy (non-hydrogen) atoms. The van der Waals surface area contributed by atoms with Gasteiger partial charge in [-0.05, 0) is 30.9 Å². The van der Waals surface area contributed by atoms with Crippen LogP contribution in [0.5, 0.6) is 0 Å². The fourth-order valence-electron chi connectivity index (χ4n) is 1.62. The first kappa shape index (κ1) is 12.9. The fraction of sp³-hybridized carbons (Fsp3) is 0.385. The number of aliphatic hydroxyl groups excluding tert-OH is 1. The Morgan fingerprint density at radius 2 is 2.06 bits per heavy atom. The Hall–Kier alpha value is -1.51. The molecule has 2 rings (SSSR count). The average molecular weight is 265 g/mol. The van der Waals surface area contributed by atoms with Crippen LogP contribution in [0.3, 0.4) is 0 Å². The van der Waals surface area contributed by atoms with Gasteiger partial charge in [-0.1, -0.05) is 24.0 Å². The van der Waals surface area contributed by atoms with Crippen molar-refractivity contribution in [3.05, 3.63) is 29.8 Å². The molecule has 0 heterocycles. The van der Waals surface area contributed by atoms with Gasteiger partial charge in [-0.25, -0.2) is 8.42 Å². The molecule has 2 N–H and O–H groups in total. The Bertz CT molecular complexity index is 580. The van der Waals surface area contributed by atoms with Gasteiger partial charge < -0.3 is 5.11 Å². The molecular formula is C13H15NO3S. The van der Waals surface area contributed by atoms with Crippen molar-refractivity contribution in [2.45, 2.75) is 12.8 Å². The molecule has 0 unspecified atom stereocenters. The van der Waals surface area contributed by atoms with Crippen molar-refractivity contribution in [1.82, 2.24) is 0 Å². The lowest BCUT2D eigenvalue weighted by Gasteiger charge is -2.09. The van der Waals surface area contributed by atoms with E-state index in [1.807, 2.05) is 0 Å². The van der Waals surface area contributed by atoms with Crippen molar-refractivity contribution in [3.8, 4) is 11.8 Å². The summed E-state index contributed by atoms with van der Waals surface area (Å²) in [6, 6.07) is 6.92. The zero-order chi connectivity index (χ0) is 13.0. The molecular weight excluding hydrogens is 250 g/mol. The van der Waals surface area contributed by atoms with Crippen molar-refractivity contribution >= 4 is 15.7 Å². The minimum absolute atomic E-state index is 0.175. The van der Waals surface area contributed by atoms with E-state index in [4.69, 9.17) is 5.11 Å². The Morgan fingerprint density at radius 1 is 1.33 bits per heavy atom. The van der Waals surface area contributed by atoms with Crippen LogP contribution in [0.25, 0.3) is 0 Å². The van der Waals surface area contributed by atoms with Gasteiger partial charge in [0, 0.05) is 5.56 Å². The number of sulfonamides is 1. The van der Waals surface area contributed by atoms with E-state index in [1.165, 1.54) is 0 Å². The van der Waals surface area contributed by atoms with Crippen LogP contribution < -0.4 is 4.72 Å². The summed E-state index contributed by atoms with van der Waals surface area (Å²) in [6.45, 7) is -0.247. The van der Waals surface area contributed by atoms with E-state index in [0.717, 1.165) is 12.8 Å². The second kappa shape index (κ2) is 5.42. The van der Waals surface area contributed by atoms with Gasteiger partial charge in [0.15, 0.2) is 0 Å².